The van der Waals surface area contributed by atoms with E-state index in [0.29, 0.717) is 24.5 Å². The van der Waals surface area contributed by atoms with Gasteiger partial charge >= 0.3 is 5.97 Å². The third-order valence-electron chi connectivity index (χ3n) is 2.70. The molecule has 0 saturated carbocycles. The van der Waals surface area contributed by atoms with Crippen molar-refractivity contribution in [2.45, 2.75) is 6.04 Å². The first-order chi connectivity index (χ1) is 8.22. The molecule has 2 heterocycles. The average Bonchev–Trinajstić information content (AvgIpc) is 2.39. The first-order valence-corrected chi connectivity index (χ1v) is 5.28. The van der Waals surface area contributed by atoms with Crippen LogP contribution in [0.3, 0.4) is 0 Å². The maximum absolute atomic E-state index is 11.1. The largest absolute Gasteiger partial charge is 0.480 e. The fourth-order valence-electron chi connectivity index (χ4n) is 1.82. The smallest absolute Gasteiger partial charge is 0.327 e. The van der Waals surface area contributed by atoms with Crippen LogP contribution in [0.4, 0.5) is 5.82 Å². The van der Waals surface area contributed by atoms with Gasteiger partial charge in [-0.1, -0.05) is 0 Å². The van der Waals surface area contributed by atoms with Gasteiger partial charge in [0.15, 0.2) is 0 Å². The summed E-state index contributed by atoms with van der Waals surface area (Å²) in [6, 6.07) is 4.70. The molecule has 0 spiro atoms. The number of nitrogens with zero attached hydrogens (tertiary/aromatic N) is 3. The van der Waals surface area contributed by atoms with E-state index >= 15 is 0 Å². The van der Waals surface area contributed by atoms with Crippen LogP contribution in [-0.4, -0.2) is 41.7 Å². The summed E-state index contributed by atoms with van der Waals surface area (Å²) in [5, 5.41) is 20.8. The summed E-state index contributed by atoms with van der Waals surface area (Å²) in [6.45, 7) is 1.72. The highest BCUT2D eigenvalue weighted by Gasteiger charge is 2.29. The Morgan fingerprint density at radius 2 is 2.47 bits per heavy atom. The lowest BCUT2D eigenvalue weighted by molar-refractivity contribution is -0.138. The molecule has 1 aliphatic rings. The molecule has 1 aromatic heterocycles. The minimum absolute atomic E-state index is 0.400. The predicted molar refractivity (Wildman–Crippen MR) is 60.6 cm³/mol. The van der Waals surface area contributed by atoms with Gasteiger partial charge in [0.1, 0.15) is 17.9 Å². The average molecular weight is 232 g/mol. The van der Waals surface area contributed by atoms with Crippen molar-refractivity contribution >= 4 is 11.8 Å². The maximum atomic E-state index is 11.1. The van der Waals surface area contributed by atoms with Gasteiger partial charge in [0.2, 0.25) is 0 Å². The zero-order chi connectivity index (χ0) is 12.3. The highest BCUT2D eigenvalue weighted by atomic mass is 16.4. The van der Waals surface area contributed by atoms with Gasteiger partial charge in [-0.05, 0) is 12.1 Å². The van der Waals surface area contributed by atoms with Gasteiger partial charge in [0.05, 0.1) is 5.56 Å². The number of hydrogen-bond acceptors (Lipinski definition) is 5. The van der Waals surface area contributed by atoms with Crippen LogP contribution < -0.4 is 10.2 Å². The molecule has 2 rings (SSSR count). The molecule has 0 bridgehead atoms. The Morgan fingerprint density at radius 3 is 3.06 bits per heavy atom. The Bertz CT molecular complexity index is 452. The fourth-order valence-corrected chi connectivity index (χ4v) is 1.82. The van der Waals surface area contributed by atoms with E-state index in [1.165, 1.54) is 6.20 Å². The quantitative estimate of drug-likeness (QED) is 0.735. The number of anilines is 1. The van der Waals surface area contributed by atoms with Crippen LogP contribution in [0.25, 0.3) is 0 Å². The molecule has 2 N–H and O–H groups in total. The lowest BCUT2D eigenvalue weighted by atomic mass is 10.2. The van der Waals surface area contributed by atoms with Crippen LogP contribution in [0.15, 0.2) is 18.3 Å². The van der Waals surface area contributed by atoms with E-state index < -0.39 is 12.0 Å². The van der Waals surface area contributed by atoms with Crippen molar-refractivity contribution in [2.24, 2.45) is 0 Å². The van der Waals surface area contributed by atoms with Gasteiger partial charge in [0.25, 0.3) is 0 Å². The third kappa shape index (κ3) is 2.34. The van der Waals surface area contributed by atoms with Gasteiger partial charge in [-0.2, -0.15) is 5.26 Å². The molecule has 88 valence electrons. The molecule has 1 unspecified atom stereocenters. The summed E-state index contributed by atoms with van der Waals surface area (Å²) in [5.74, 6) is -0.277. The monoisotopic (exact) mass is 232 g/mol. The van der Waals surface area contributed by atoms with Crippen molar-refractivity contribution in [1.29, 1.82) is 5.26 Å². The summed E-state index contributed by atoms with van der Waals surface area (Å²) in [5.41, 5.74) is 0.468. The summed E-state index contributed by atoms with van der Waals surface area (Å²) >= 11 is 0. The lowest BCUT2D eigenvalue weighted by Crippen LogP contribution is -2.55. The molecule has 6 heteroatoms. The van der Waals surface area contributed by atoms with Crippen molar-refractivity contribution < 1.29 is 9.90 Å². The second kappa shape index (κ2) is 4.80. The molecule has 17 heavy (non-hydrogen) atoms. The standard InChI is InChI=1S/C11H12N4O2/c12-5-8-1-2-10(14-6-8)15-4-3-13-7-9(15)11(16)17/h1-2,6,9,13H,3-4,7H2,(H,16,17). The first-order valence-electron chi connectivity index (χ1n) is 5.28. The molecule has 0 radical (unpaired) electrons. The number of carbonyl (C=O) groups is 1. The molecule has 1 atom stereocenters. The summed E-state index contributed by atoms with van der Waals surface area (Å²) in [4.78, 5) is 17.0. The highest BCUT2D eigenvalue weighted by Crippen LogP contribution is 2.16. The van der Waals surface area contributed by atoms with Gasteiger partial charge in [-0.25, -0.2) is 9.78 Å². The Hall–Kier alpha value is -2.13. The van der Waals surface area contributed by atoms with Crippen molar-refractivity contribution in [3.05, 3.63) is 23.9 Å². The Labute approximate surface area is 98.5 Å². The molecule has 1 aromatic rings. The van der Waals surface area contributed by atoms with E-state index in [1.54, 1.807) is 17.0 Å². The number of carboxylic acids is 1. The van der Waals surface area contributed by atoms with E-state index in [-0.39, 0.29) is 0 Å². The molecular weight excluding hydrogens is 220 g/mol. The number of carboxylic acid groups (broad SMARTS) is 1. The summed E-state index contributed by atoms with van der Waals surface area (Å²) in [6.07, 6.45) is 1.45. The van der Waals surface area contributed by atoms with E-state index in [2.05, 4.69) is 10.3 Å². The SMILES string of the molecule is N#Cc1ccc(N2CCNCC2C(=O)O)nc1. The van der Waals surface area contributed by atoms with Gasteiger partial charge in [-0.15, -0.1) is 0 Å². The number of aliphatic carboxylic acids is 1. The topological polar surface area (TPSA) is 89.2 Å². The van der Waals surface area contributed by atoms with Gasteiger partial charge in [0, 0.05) is 25.8 Å². The molecule has 1 aliphatic heterocycles. The number of nitrogens with one attached hydrogen (secondary N) is 1. The van der Waals surface area contributed by atoms with Crippen LogP contribution in [0.1, 0.15) is 5.56 Å². The minimum atomic E-state index is -0.872. The zero-order valence-electron chi connectivity index (χ0n) is 9.13. The maximum Gasteiger partial charge on any atom is 0.327 e. The van der Waals surface area contributed by atoms with Crippen LogP contribution >= 0.6 is 0 Å². The minimum Gasteiger partial charge on any atom is -0.480 e. The fraction of sp³-hybridized carbons (Fsp3) is 0.364. The second-order valence-corrected chi connectivity index (χ2v) is 3.77. The Balaban J connectivity index is 2.24. The molecule has 1 saturated heterocycles. The second-order valence-electron chi connectivity index (χ2n) is 3.77. The van der Waals surface area contributed by atoms with E-state index in [4.69, 9.17) is 10.4 Å². The zero-order valence-corrected chi connectivity index (χ0v) is 9.13. The molecular formula is C11H12N4O2. The highest BCUT2D eigenvalue weighted by molar-refractivity contribution is 5.78. The van der Waals surface area contributed by atoms with Crippen molar-refractivity contribution in [3.8, 4) is 6.07 Å². The number of pyridine rings is 1. The number of aromatic nitrogens is 1. The summed E-state index contributed by atoms with van der Waals surface area (Å²) < 4.78 is 0. The molecule has 6 nitrogen and oxygen atoms in total. The van der Waals surface area contributed by atoms with Crippen LogP contribution in [-0.2, 0) is 4.79 Å². The van der Waals surface area contributed by atoms with Crippen LogP contribution in [0.5, 0.6) is 0 Å². The van der Waals surface area contributed by atoms with E-state index in [9.17, 15) is 4.79 Å². The van der Waals surface area contributed by atoms with Gasteiger partial charge < -0.3 is 15.3 Å². The first kappa shape index (κ1) is 11.4. The van der Waals surface area contributed by atoms with Crippen LogP contribution in [0, 0.1) is 11.3 Å². The molecule has 0 aromatic carbocycles. The Morgan fingerprint density at radius 1 is 1.65 bits per heavy atom. The van der Waals surface area contributed by atoms with Crippen molar-refractivity contribution in [3.63, 3.8) is 0 Å². The van der Waals surface area contributed by atoms with Crippen molar-refractivity contribution in [2.75, 3.05) is 24.5 Å². The number of hydrogen-bond donors (Lipinski definition) is 2. The predicted octanol–water partition coefficient (Wildman–Crippen LogP) is -0.184. The third-order valence-corrected chi connectivity index (χ3v) is 2.70. The van der Waals surface area contributed by atoms with Crippen molar-refractivity contribution in [1.82, 2.24) is 10.3 Å². The van der Waals surface area contributed by atoms with Gasteiger partial charge in [-0.3, -0.25) is 0 Å². The van der Waals surface area contributed by atoms with Crippen LogP contribution in [0.2, 0.25) is 0 Å². The number of piperazine rings is 1. The van der Waals surface area contributed by atoms with E-state index in [0.717, 1.165) is 6.54 Å². The summed E-state index contributed by atoms with van der Waals surface area (Å²) in [7, 11) is 0. The lowest BCUT2D eigenvalue weighted by Gasteiger charge is -2.34. The Kier molecular flexibility index (Phi) is 3.21. The molecule has 0 amide bonds. The molecule has 1 fully saturated rings. The number of nitriles is 1. The number of rotatable bonds is 2. The molecule has 0 aliphatic carbocycles. The normalized spacial score (nSPS) is 19.7. The van der Waals surface area contributed by atoms with E-state index in [1.807, 2.05) is 6.07 Å².